The summed E-state index contributed by atoms with van der Waals surface area (Å²) in [7, 11) is 0. The summed E-state index contributed by atoms with van der Waals surface area (Å²) in [5.74, 6) is 0.0249. The van der Waals surface area contributed by atoms with Gasteiger partial charge >= 0.3 is 0 Å². The first kappa shape index (κ1) is 12.3. The Morgan fingerprint density at radius 3 is 2.94 bits per heavy atom. The normalized spacial score (nSPS) is 10.5. The second-order valence-electron chi connectivity index (χ2n) is 3.75. The van der Waals surface area contributed by atoms with Crippen molar-refractivity contribution in [3.05, 3.63) is 27.4 Å². The van der Waals surface area contributed by atoms with Crippen molar-refractivity contribution < 1.29 is 4.79 Å². The number of nitrogens with one attached hydrogen (secondary N) is 1. The molecule has 0 bridgehead atoms. The molecule has 0 aromatic carbocycles. The van der Waals surface area contributed by atoms with Crippen LogP contribution in [0.25, 0.3) is 10.6 Å². The van der Waals surface area contributed by atoms with Crippen molar-refractivity contribution in [1.29, 1.82) is 0 Å². The third-order valence-corrected chi connectivity index (χ3v) is 4.22. The van der Waals surface area contributed by atoms with Crippen molar-refractivity contribution in [2.75, 3.05) is 6.54 Å². The molecule has 2 heterocycles. The van der Waals surface area contributed by atoms with Gasteiger partial charge in [0.2, 0.25) is 5.91 Å². The van der Waals surface area contributed by atoms with Crippen LogP contribution in [0.5, 0.6) is 0 Å². The SMILES string of the molecule is CC(=O)NCCc1ccc(-c2csc(C)n2)s1. The van der Waals surface area contributed by atoms with Gasteiger partial charge in [-0.05, 0) is 25.5 Å². The van der Waals surface area contributed by atoms with E-state index in [1.165, 1.54) is 16.7 Å². The Labute approximate surface area is 109 Å². The van der Waals surface area contributed by atoms with E-state index in [9.17, 15) is 4.79 Å². The molecule has 0 saturated heterocycles. The predicted octanol–water partition coefficient (Wildman–Crippen LogP) is 2.86. The highest BCUT2D eigenvalue weighted by Gasteiger charge is 2.06. The Hall–Kier alpha value is -1.20. The Morgan fingerprint density at radius 2 is 2.29 bits per heavy atom. The molecule has 2 aromatic rings. The maximum absolute atomic E-state index is 10.7. The number of aryl methyl sites for hydroxylation is 1. The second kappa shape index (κ2) is 5.42. The summed E-state index contributed by atoms with van der Waals surface area (Å²) in [4.78, 5) is 17.7. The molecule has 3 nitrogen and oxygen atoms in total. The second-order valence-corrected chi connectivity index (χ2v) is 5.98. The molecule has 17 heavy (non-hydrogen) atoms. The third kappa shape index (κ3) is 3.38. The van der Waals surface area contributed by atoms with Crippen LogP contribution in [0.1, 0.15) is 16.8 Å². The van der Waals surface area contributed by atoms with Gasteiger partial charge in [-0.3, -0.25) is 4.79 Å². The van der Waals surface area contributed by atoms with Gasteiger partial charge in [-0.15, -0.1) is 22.7 Å². The van der Waals surface area contributed by atoms with Crippen molar-refractivity contribution in [3.8, 4) is 10.6 Å². The molecule has 0 fully saturated rings. The van der Waals surface area contributed by atoms with Gasteiger partial charge in [0.15, 0.2) is 0 Å². The number of carbonyl (C=O) groups is 1. The number of thiazole rings is 1. The fraction of sp³-hybridized carbons (Fsp3) is 0.333. The molecule has 0 unspecified atom stereocenters. The summed E-state index contributed by atoms with van der Waals surface area (Å²) in [5.41, 5.74) is 1.06. The highest BCUT2D eigenvalue weighted by atomic mass is 32.1. The molecule has 0 spiro atoms. The lowest BCUT2D eigenvalue weighted by atomic mass is 10.3. The lowest BCUT2D eigenvalue weighted by molar-refractivity contribution is -0.118. The zero-order chi connectivity index (χ0) is 12.3. The molecule has 0 aliphatic carbocycles. The molecular weight excluding hydrogens is 252 g/mol. The maximum atomic E-state index is 10.7. The van der Waals surface area contributed by atoms with Crippen molar-refractivity contribution in [2.24, 2.45) is 0 Å². The summed E-state index contributed by atoms with van der Waals surface area (Å²) < 4.78 is 0. The highest BCUT2D eigenvalue weighted by molar-refractivity contribution is 7.16. The monoisotopic (exact) mass is 266 g/mol. The van der Waals surface area contributed by atoms with Crippen LogP contribution in [-0.4, -0.2) is 17.4 Å². The first-order valence-electron chi connectivity index (χ1n) is 5.41. The topological polar surface area (TPSA) is 42.0 Å². The van der Waals surface area contributed by atoms with Crippen LogP contribution >= 0.6 is 22.7 Å². The lowest BCUT2D eigenvalue weighted by Crippen LogP contribution is -2.21. The highest BCUT2D eigenvalue weighted by Crippen LogP contribution is 2.29. The van der Waals surface area contributed by atoms with Crippen LogP contribution in [0.3, 0.4) is 0 Å². The summed E-state index contributed by atoms with van der Waals surface area (Å²) in [6.07, 6.45) is 0.882. The molecule has 2 aromatic heterocycles. The standard InChI is InChI=1S/C12H14N2OS2/c1-8(15)13-6-5-10-3-4-12(17-10)11-7-16-9(2)14-11/h3-4,7H,5-6H2,1-2H3,(H,13,15). The van der Waals surface area contributed by atoms with Crippen molar-refractivity contribution in [1.82, 2.24) is 10.3 Å². The fourth-order valence-electron chi connectivity index (χ4n) is 1.49. The van der Waals surface area contributed by atoms with Crippen LogP contribution in [0.2, 0.25) is 0 Å². The molecule has 1 N–H and O–H groups in total. The van der Waals surface area contributed by atoms with E-state index >= 15 is 0 Å². The summed E-state index contributed by atoms with van der Waals surface area (Å²) in [6, 6.07) is 4.21. The number of aromatic nitrogens is 1. The quantitative estimate of drug-likeness (QED) is 0.924. The van der Waals surface area contributed by atoms with Crippen LogP contribution in [0, 0.1) is 6.92 Å². The van der Waals surface area contributed by atoms with E-state index in [1.54, 1.807) is 22.7 Å². The number of nitrogens with zero attached hydrogens (tertiary/aromatic N) is 1. The van der Waals surface area contributed by atoms with Gasteiger partial charge in [-0.25, -0.2) is 4.98 Å². The summed E-state index contributed by atoms with van der Waals surface area (Å²) >= 11 is 3.41. The first-order valence-corrected chi connectivity index (χ1v) is 7.10. The van der Waals surface area contributed by atoms with Crippen molar-refractivity contribution >= 4 is 28.6 Å². The Bertz CT molecular complexity index is 516. The van der Waals surface area contributed by atoms with Gasteiger partial charge in [-0.2, -0.15) is 0 Å². The Morgan fingerprint density at radius 1 is 1.47 bits per heavy atom. The minimum atomic E-state index is 0.0249. The van der Waals surface area contributed by atoms with Crippen LogP contribution in [0.4, 0.5) is 0 Å². The molecule has 2 rings (SSSR count). The molecule has 1 amide bonds. The summed E-state index contributed by atoms with van der Waals surface area (Å²) in [5, 5.41) is 5.97. The van der Waals surface area contributed by atoms with Gasteiger partial charge in [0.25, 0.3) is 0 Å². The Kier molecular flexibility index (Phi) is 3.91. The van der Waals surface area contributed by atoms with E-state index in [-0.39, 0.29) is 5.91 Å². The molecule has 5 heteroatoms. The molecule has 90 valence electrons. The van der Waals surface area contributed by atoms with E-state index in [0.29, 0.717) is 6.54 Å². The van der Waals surface area contributed by atoms with Gasteiger partial charge in [0.1, 0.15) is 0 Å². The molecule has 0 radical (unpaired) electrons. The number of amides is 1. The average molecular weight is 266 g/mol. The lowest BCUT2D eigenvalue weighted by Gasteiger charge is -1.98. The number of carbonyl (C=O) groups excluding carboxylic acids is 1. The van der Waals surface area contributed by atoms with E-state index in [0.717, 1.165) is 17.1 Å². The zero-order valence-electron chi connectivity index (χ0n) is 9.82. The zero-order valence-corrected chi connectivity index (χ0v) is 11.5. The average Bonchev–Trinajstić information content (AvgIpc) is 2.86. The predicted molar refractivity (Wildman–Crippen MR) is 72.6 cm³/mol. The van der Waals surface area contributed by atoms with Crippen molar-refractivity contribution in [2.45, 2.75) is 20.3 Å². The molecular formula is C12H14N2OS2. The first-order chi connectivity index (χ1) is 8.15. The molecule has 0 aliphatic heterocycles. The fourth-order valence-corrected chi connectivity index (χ4v) is 3.14. The van der Waals surface area contributed by atoms with Crippen molar-refractivity contribution in [3.63, 3.8) is 0 Å². The molecule has 0 saturated carbocycles. The number of hydrogen-bond donors (Lipinski definition) is 1. The van der Waals surface area contributed by atoms with Gasteiger partial charge < -0.3 is 5.32 Å². The van der Waals surface area contributed by atoms with Gasteiger partial charge in [-0.1, -0.05) is 0 Å². The summed E-state index contributed by atoms with van der Waals surface area (Å²) in [6.45, 7) is 4.25. The van der Waals surface area contributed by atoms with Gasteiger partial charge in [0, 0.05) is 23.7 Å². The van der Waals surface area contributed by atoms with Crippen LogP contribution in [-0.2, 0) is 11.2 Å². The third-order valence-electron chi connectivity index (χ3n) is 2.28. The van der Waals surface area contributed by atoms with E-state index in [1.807, 2.05) is 6.92 Å². The minimum absolute atomic E-state index is 0.0249. The molecule has 0 aliphatic rings. The van der Waals surface area contributed by atoms with Gasteiger partial charge in [0.05, 0.1) is 15.6 Å². The largest absolute Gasteiger partial charge is 0.356 e. The number of thiophene rings is 1. The van der Waals surface area contributed by atoms with E-state index < -0.39 is 0 Å². The minimum Gasteiger partial charge on any atom is -0.356 e. The Balaban J connectivity index is 1.98. The molecule has 0 atom stereocenters. The van der Waals surface area contributed by atoms with E-state index in [2.05, 4.69) is 27.8 Å². The smallest absolute Gasteiger partial charge is 0.216 e. The van der Waals surface area contributed by atoms with Crippen LogP contribution < -0.4 is 5.32 Å². The van der Waals surface area contributed by atoms with Crippen LogP contribution in [0.15, 0.2) is 17.5 Å². The van der Waals surface area contributed by atoms with E-state index in [4.69, 9.17) is 0 Å². The number of rotatable bonds is 4. The maximum Gasteiger partial charge on any atom is 0.216 e. The number of hydrogen-bond acceptors (Lipinski definition) is 4.